The molecule has 0 fully saturated rings. The Morgan fingerprint density at radius 1 is 1.45 bits per heavy atom. The number of nitrogens with zero attached hydrogens (tertiary/aromatic N) is 2. The van der Waals surface area contributed by atoms with Crippen LogP contribution < -0.4 is 0 Å². The fourth-order valence-corrected chi connectivity index (χ4v) is 1.83. The Balaban J connectivity index is 0.00000200. The lowest BCUT2D eigenvalue weighted by Crippen LogP contribution is -2.17. The van der Waals surface area contributed by atoms with Crippen molar-refractivity contribution < 1.29 is 9.66 Å². The summed E-state index contributed by atoms with van der Waals surface area (Å²) in [5.41, 5.74) is 0.344. The highest BCUT2D eigenvalue weighted by Gasteiger charge is 2.24. The Kier molecular flexibility index (Phi) is 5.14. The molecule has 1 heterocycles. The summed E-state index contributed by atoms with van der Waals surface area (Å²) in [4.78, 5) is 14.6. The lowest BCUT2D eigenvalue weighted by molar-refractivity contribution is -0.384. The number of hydrogen-bond acceptors (Lipinski definition) is 4. The third-order valence-corrected chi connectivity index (χ3v) is 2.89. The molecular weight excluding hydrogens is 303 g/mol. The molecule has 1 aliphatic heterocycles. The maximum Gasteiger partial charge on any atom is 0.288 e. The summed E-state index contributed by atoms with van der Waals surface area (Å²) in [7, 11) is 0. The molecule has 1 aliphatic rings. The van der Waals surface area contributed by atoms with E-state index in [-0.39, 0.29) is 28.7 Å². The summed E-state index contributed by atoms with van der Waals surface area (Å²) in [6.45, 7) is 4.48. The second-order valence-corrected chi connectivity index (χ2v) is 5.26. The molecule has 0 spiro atoms. The van der Waals surface area contributed by atoms with Gasteiger partial charge in [0, 0.05) is 12.1 Å². The molecule has 0 aromatic heterocycles. The molecule has 0 unspecified atom stereocenters. The minimum atomic E-state index is -0.508. The highest BCUT2D eigenvalue weighted by Crippen LogP contribution is 2.26. The van der Waals surface area contributed by atoms with E-state index >= 15 is 0 Å². The van der Waals surface area contributed by atoms with Gasteiger partial charge in [0.2, 0.25) is 5.90 Å². The maximum absolute atomic E-state index is 10.8. The van der Waals surface area contributed by atoms with Gasteiger partial charge in [-0.05, 0) is 31.6 Å². The van der Waals surface area contributed by atoms with E-state index in [0.29, 0.717) is 18.1 Å². The number of nitro groups is 1. The normalized spacial score (nSPS) is 16.4. The number of hydrogen-bond donors (Lipinski definition) is 0. The number of benzene rings is 1. The van der Waals surface area contributed by atoms with Gasteiger partial charge < -0.3 is 4.74 Å². The predicted molar refractivity (Wildman–Crippen MR) is 81.9 cm³/mol. The molecule has 0 N–H and O–H groups in total. The van der Waals surface area contributed by atoms with Crippen molar-refractivity contribution in [2.75, 3.05) is 6.61 Å². The molecule has 0 aliphatic carbocycles. The lowest BCUT2D eigenvalue weighted by atomic mass is 10.1. The van der Waals surface area contributed by atoms with Crippen LogP contribution in [0.3, 0.4) is 0 Å². The molecule has 0 atom stereocenters. The van der Waals surface area contributed by atoms with Crippen molar-refractivity contribution in [2.45, 2.75) is 19.4 Å². The monoisotopic (exact) mass is 316 g/mol. The van der Waals surface area contributed by atoms with Gasteiger partial charge in [-0.15, -0.1) is 12.4 Å². The van der Waals surface area contributed by atoms with Gasteiger partial charge in [0.25, 0.3) is 5.69 Å². The fourth-order valence-electron chi connectivity index (χ4n) is 1.64. The average molecular weight is 317 g/mol. The zero-order valence-corrected chi connectivity index (χ0v) is 12.6. The summed E-state index contributed by atoms with van der Waals surface area (Å²) in [6, 6.07) is 4.62. The third kappa shape index (κ3) is 3.95. The third-order valence-electron chi connectivity index (χ3n) is 2.57. The van der Waals surface area contributed by atoms with Gasteiger partial charge in [-0.2, -0.15) is 0 Å². The van der Waals surface area contributed by atoms with Gasteiger partial charge in [0.05, 0.1) is 10.5 Å². The van der Waals surface area contributed by atoms with E-state index in [1.165, 1.54) is 12.1 Å². The van der Waals surface area contributed by atoms with Crippen molar-refractivity contribution in [2.24, 2.45) is 4.99 Å². The fraction of sp³-hybridized carbons (Fsp3) is 0.308. The summed E-state index contributed by atoms with van der Waals surface area (Å²) < 4.78 is 5.39. The van der Waals surface area contributed by atoms with Crippen molar-refractivity contribution in [3.8, 4) is 0 Å². The maximum atomic E-state index is 10.8. The van der Waals surface area contributed by atoms with E-state index in [0.717, 1.165) is 0 Å². The quantitative estimate of drug-likeness (QED) is 0.627. The van der Waals surface area contributed by atoms with E-state index in [1.54, 1.807) is 18.2 Å². The van der Waals surface area contributed by atoms with Crippen LogP contribution in [0.2, 0.25) is 5.02 Å². The molecule has 20 heavy (non-hydrogen) atoms. The summed E-state index contributed by atoms with van der Waals surface area (Å²) >= 11 is 5.74. The predicted octanol–water partition coefficient (Wildman–Crippen LogP) is 3.89. The van der Waals surface area contributed by atoms with Crippen LogP contribution in [0.5, 0.6) is 0 Å². The zero-order valence-electron chi connectivity index (χ0n) is 11.0. The smallest absolute Gasteiger partial charge is 0.288 e. The number of rotatable bonds is 3. The van der Waals surface area contributed by atoms with Crippen molar-refractivity contribution in [3.63, 3.8) is 0 Å². The first-order valence-corrected chi connectivity index (χ1v) is 6.10. The summed E-state index contributed by atoms with van der Waals surface area (Å²) in [6.07, 6.45) is 3.41. The highest BCUT2D eigenvalue weighted by molar-refractivity contribution is 6.32. The van der Waals surface area contributed by atoms with Crippen LogP contribution in [-0.2, 0) is 4.74 Å². The van der Waals surface area contributed by atoms with Crippen LogP contribution in [0.25, 0.3) is 6.08 Å². The Morgan fingerprint density at radius 2 is 2.15 bits per heavy atom. The molecule has 0 saturated carbocycles. The van der Waals surface area contributed by atoms with Gasteiger partial charge in [-0.1, -0.05) is 17.7 Å². The molecule has 1 aromatic carbocycles. The molecule has 0 radical (unpaired) electrons. The van der Waals surface area contributed by atoms with E-state index in [1.807, 2.05) is 13.8 Å². The molecule has 2 rings (SSSR count). The highest BCUT2D eigenvalue weighted by atomic mass is 35.5. The van der Waals surface area contributed by atoms with E-state index in [2.05, 4.69) is 4.99 Å². The van der Waals surface area contributed by atoms with Gasteiger partial charge in [-0.3, -0.25) is 10.1 Å². The van der Waals surface area contributed by atoms with Crippen LogP contribution in [0.4, 0.5) is 5.69 Å². The van der Waals surface area contributed by atoms with Crippen molar-refractivity contribution >= 4 is 41.7 Å². The minimum absolute atomic E-state index is 0. The first-order valence-electron chi connectivity index (χ1n) is 5.72. The standard InChI is InChI=1S/C13H13ClN2O3.ClH/c1-13(2)8-19-12(15-13)6-4-9-3-5-10(14)11(7-9)16(17)18;/h3-7H,8H2,1-2H3;1H. The zero-order chi connectivity index (χ0) is 14.0. The van der Waals surface area contributed by atoms with Gasteiger partial charge in [-0.25, -0.2) is 4.99 Å². The van der Waals surface area contributed by atoms with Crippen LogP contribution in [-0.4, -0.2) is 23.0 Å². The largest absolute Gasteiger partial charge is 0.475 e. The van der Waals surface area contributed by atoms with Gasteiger partial charge in [0.15, 0.2) is 0 Å². The average Bonchev–Trinajstić information content (AvgIpc) is 2.67. The van der Waals surface area contributed by atoms with E-state index in [4.69, 9.17) is 16.3 Å². The first kappa shape index (κ1) is 16.5. The minimum Gasteiger partial charge on any atom is -0.475 e. The van der Waals surface area contributed by atoms with Crippen LogP contribution in [0.1, 0.15) is 19.4 Å². The SMILES string of the molecule is CC1(C)COC(C=Cc2ccc(Cl)c([N+](=O)[O-])c2)=N1.Cl. The van der Waals surface area contributed by atoms with E-state index in [9.17, 15) is 10.1 Å². The molecular formula is C13H14Cl2N2O3. The number of nitro benzene ring substituents is 1. The Labute approximate surface area is 127 Å². The van der Waals surface area contributed by atoms with Crippen molar-refractivity contribution in [3.05, 3.63) is 45.0 Å². The first-order chi connectivity index (χ1) is 8.87. The second kappa shape index (κ2) is 6.24. The topological polar surface area (TPSA) is 64.7 Å². The van der Waals surface area contributed by atoms with Crippen LogP contribution in [0.15, 0.2) is 29.3 Å². The molecule has 0 amide bonds. The molecule has 1 aromatic rings. The van der Waals surface area contributed by atoms with Crippen molar-refractivity contribution in [1.29, 1.82) is 0 Å². The summed E-state index contributed by atoms with van der Waals surface area (Å²) in [5, 5.41) is 10.9. The Morgan fingerprint density at radius 3 is 2.70 bits per heavy atom. The second-order valence-electron chi connectivity index (χ2n) is 4.85. The number of ether oxygens (including phenoxy) is 1. The van der Waals surface area contributed by atoms with Gasteiger partial charge in [0.1, 0.15) is 11.6 Å². The number of halogens is 2. The van der Waals surface area contributed by atoms with Crippen molar-refractivity contribution in [1.82, 2.24) is 0 Å². The summed E-state index contributed by atoms with van der Waals surface area (Å²) in [5.74, 6) is 0.530. The molecule has 0 saturated heterocycles. The van der Waals surface area contributed by atoms with Crippen LogP contribution in [0, 0.1) is 10.1 Å². The lowest BCUT2D eigenvalue weighted by Gasteiger charge is -2.07. The Bertz CT molecular complexity index is 583. The van der Waals surface area contributed by atoms with Gasteiger partial charge >= 0.3 is 0 Å². The van der Waals surface area contributed by atoms with E-state index < -0.39 is 4.92 Å². The molecule has 7 heteroatoms. The number of aliphatic imine (C=N–C) groups is 1. The molecule has 0 bridgehead atoms. The molecule has 108 valence electrons. The Hall–Kier alpha value is -1.59. The van der Waals surface area contributed by atoms with Crippen LogP contribution >= 0.6 is 24.0 Å². The molecule has 5 nitrogen and oxygen atoms in total.